The van der Waals surface area contributed by atoms with Gasteiger partial charge >= 0.3 is 5.97 Å². The quantitative estimate of drug-likeness (QED) is 0.480. The molecule has 4 heteroatoms. The largest absolute Gasteiger partial charge is 0.426 e. The number of esters is 1. The second-order valence-electron chi connectivity index (χ2n) is 5.25. The van der Waals surface area contributed by atoms with Crippen LogP contribution in [0.1, 0.15) is 31.2 Å². The van der Waals surface area contributed by atoms with Gasteiger partial charge in [-0.05, 0) is 50.2 Å². The average Bonchev–Trinajstić information content (AvgIpc) is 2.43. The van der Waals surface area contributed by atoms with E-state index in [2.05, 4.69) is 10.2 Å². The van der Waals surface area contributed by atoms with E-state index < -0.39 is 0 Å². The van der Waals surface area contributed by atoms with Gasteiger partial charge in [0.15, 0.2) is 0 Å². The summed E-state index contributed by atoms with van der Waals surface area (Å²) in [6.07, 6.45) is 3.82. The van der Waals surface area contributed by atoms with E-state index in [1.165, 1.54) is 6.07 Å². The van der Waals surface area contributed by atoms with Crippen LogP contribution in [0, 0.1) is 24.6 Å². The summed E-state index contributed by atoms with van der Waals surface area (Å²) in [5.41, 5.74) is 0.553. The van der Waals surface area contributed by atoms with Crippen molar-refractivity contribution in [1.29, 1.82) is 0 Å². The molecule has 0 N–H and O–H groups in total. The number of ether oxygens (including phenoxy) is 1. The zero-order chi connectivity index (χ0) is 13.8. The van der Waals surface area contributed by atoms with Crippen LogP contribution in [0.2, 0.25) is 6.04 Å². The fourth-order valence-corrected chi connectivity index (χ4v) is 2.85. The molecule has 0 aliphatic heterocycles. The van der Waals surface area contributed by atoms with Gasteiger partial charge < -0.3 is 4.74 Å². The monoisotopic (exact) mass is 277 g/mol. The standard InChI is InChI=1S/C15H18FO2Si/c1-10-2-7-13(8-14(10)16)18-15(17)12-5-3-11(9-19)4-6-12/h2,7-8,11-12H,3-6,9H2,1H3. The molecule has 1 aromatic rings. The Morgan fingerprint density at radius 1 is 1.37 bits per heavy atom. The summed E-state index contributed by atoms with van der Waals surface area (Å²) in [7, 11) is 3.53. The van der Waals surface area contributed by atoms with Crippen LogP contribution in [-0.4, -0.2) is 16.2 Å². The normalized spacial score (nSPS) is 23.1. The van der Waals surface area contributed by atoms with Crippen molar-refractivity contribution in [3.63, 3.8) is 0 Å². The van der Waals surface area contributed by atoms with Crippen LogP contribution in [0.4, 0.5) is 4.39 Å². The molecule has 101 valence electrons. The molecule has 1 aliphatic rings. The number of aryl methyl sites for hydroxylation is 1. The Hall–Kier alpha value is -1.16. The van der Waals surface area contributed by atoms with Crippen LogP contribution in [0.25, 0.3) is 0 Å². The van der Waals surface area contributed by atoms with Crippen molar-refractivity contribution >= 4 is 16.2 Å². The maximum absolute atomic E-state index is 13.4. The highest BCUT2D eigenvalue weighted by Gasteiger charge is 2.27. The number of hydrogen-bond acceptors (Lipinski definition) is 2. The molecule has 1 saturated carbocycles. The van der Waals surface area contributed by atoms with Gasteiger partial charge in [0.05, 0.1) is 5.92 Å². The van der Waals surface area contributed by atoms with Gasteiger partial charge in [-0.3, -0.25) is 4.79 Å². The Bertz CT molecular complexity index is 453. The van der Waals surface area contributed by atoms with Crippen LogP contribution in [0.3, 0.4) is 0 Å². The maximum Gasteiger partial charge on any atom is 0.314 e. The summed E-state index contributed by atoms with van der Waals surface area (Å²) in [6, 6.07) is 5.53. The predicted octanol–water partition coefficient (Wildman–Crippen LogP) is 3.43. The minimum absolute atomic E-state index is 0.0427. The molecule has 0 atom stereocenters. The highest BCUT2D eigenvalue weighted by molar-refractivity contribution is 6.08. The zero-order valence-electron chi connectivity index (χ0n) is 11.1. The molecule has 0 amide bonds. The molecular formula is C15H18FO2Si. The lowest BCUT2D eigenvalue weighted by Crippen LogP contribution is -2.25. The second kappa shape index (κ2) is 6.33. The molecular weight excluding hydrogens is 259 g/mol. The Morgan fingerprint density at radius 2 is 2.05 bits per heavy atom. The van der Waals surface area contributed by atoms with Crippen molar-refractivity contribution in [2.75, 3.05) is 0 Å². The summed E-state index contributed by atoms with van der Waals surface area (Å²) in [6.45, 7) is 1.68. The molecule has 2 rings (SSSR count). The zero-order valence-corrected chi connectivity index (χ0v) is 12.1. The highest BCUT2D eigenvalue weighted by atomic mass is 28.1. The third-order valence-corrected chi connectivity index (χ3v) is 4.41. The van der Waals surface area contributed by atoms with E-state index in [-0.39, 0.29) is 17.7 Å². The number of benzene rings is 1. The van der Waals surface area contributed by atoms with Gasteiger partial charge in [0, 0.05) is 16.3 Å². The first-order valence-corrected chi connectivity index (χ1v) is 7.43. The summed E-state index contributed by atoms with van der Waals surface area (Å²) < 4.78 is 18.6. The number of hydrogen-bond donors (Lipinski definition) is 0. The third-order valence-electron chi connectivity index (χ3n) is 3.83. The van der Waals surface area contributed by atoms with Crippen LogP contribution in [0.15, 0.2) is 18.2 Å². The Labute approximate surface area is 116 Å². The maximum atomic E-state index is 13.4. The first-order chi connectivity index (χ1) is 9.10. The summed E-state index contributed by atoms with van der Waals surface area (Å²) in [5.74, 6) is 0.357. The number of rotatable bonds is 3. The lowest BCUT2D eigenvalue weighted by Gasteiger charge is -2.26. The van der Waals surface area contributed by atoms with Crippen molar-refractivity contribution in [3.05, 3.63) is 29.6 Å². The predicted molar refractivity (Wildman–Crippen MR) is 72.8 cm³/mol. The fourth-order valence-electron chi connectivity index (χ4n) is 2.44. The minimum Gasteiger partial charge on any atom is -0.426 e. The fraction of sp³-hybridized carbons (Fsp3) is 0.533. The number of halogens is 1. The van der Waals surface area contributed by atoms with E-state index in [1.807, 2.05) is 0 Å². The van der Waals surface area contributed by atoms with Gasteiger partial charge in [-0.2, -0.15) is 0 Å². The minimum atomic E-state index is -0.340. The summed E-state index contributed by atoms with van der Waals surface area (Å²) >= 11 is 0. The molecule has 1 fully saturated rings. The molecule has 0 unspecified atom stereocenters. The van der Waals surface area contributed by atoms with Gasteiger partial charge in [0.1, 0.15) is 11.6 Å². The van der Waals surface area contributed by atoms with Crippen molar-refractivity contribution < 1.29 is 13.9 Å². The van der Waals surface area contributed by atoms with Crippen LogP contribution < -0.4 is 4.74 Å². The van der Waals surface area contributed by atoms with E-state index in [0.29, 0.717) is 17.2 Å². The van der Waals surface area contributed by atoms with Crippen LogP contribution >= 0.6 is 0 Å². The number of carbonyl (C=O) groups excluding carboxylic acids is 1. The van der Waals surface area contributed by atoms with E-state index in [9.17, 15) is 9.18 Å². The molecule has 0 bridgehead atoms. The average molecular weight is 277 g/mol. The van der Waals surface area contributed by atoms with Crippen molar-refractivity contribution in [2.45, 2.75) is 38.7 Å². The van der Waals surface area contributed by atoms with E-state index in [4.69, 9.17) is 4.74 Å². The van der Waals surface area contributed by atoms with E-state index in [0.717, 1.165) is 31.7 Å². The first kappa shape index (κ1) is 14.3. The first-order valence-electron chi connectivity index (χ1n) is 6.72. The van der Waals surface area contributed by atoms with Crippen molar-refractivity contribution in [3.8, 4) is 5.75 Å². The SMILES string of the molecule is Cc1ccc(OC(=O)C2CCC(C[Si])CC2)cc1F. The molecule has 2 nitrogen and oxygen atoms in total. The van der Waals surface area contributed by atoms with Gasteiger partial charge in [-0.15, -0.1) is 0 Å². The Kier molecular flexibility index (Phi) is 4.74. The molecule has 1 aromatic carbocycles. The van der Waals surface area contributed by atoms with Gasteiger partial charge in [-0.1, -0.05) is 12.1 Å². The molecule has 1 aliphatic carbocycles. The van der Waals surface area contributed by atoms with Gasteiger partial charge in [0.25, 0.3) is 0 Å². The van der Waals surface area contributed by atoms with E-state index in [1.54, 1.807) is 19.1 Å². The molecule has 19 heavy (non-hydrogen) atoms. The van der Waals surface area contributed by atoms with Crippen LogP contribution in [-0.2, 0) is 4.79 Å². The van der Waals surface area contributed by atoms with Crippen LogP contribution in [0.5, 0.6) is 5.75 Å². The second-order valence-corrected chi connectivity index (χ2v) is 5.66. The lowest BCUT2D eigenvalue weighted by molar-refractivity contribution is -0.140. The van der Waals surface area contributed by atoms with Crippen molar-refractivity contribution in [1.82, 2.24) is 0 Å². The summed E-state index contributed by atoms with van der Waals surface area (Å²) in [5, 5.41) is 0. The highest BCUT2D eigenvalue weighted by Crippen LogP contribution is 2.31. The lowest BCUT2D eigenvalue weighted by atomic mass is 9.83. The molecule has 0 saturated heterocycles. The topological polar surface area (TPSA) is 26.3 Å². The summed E-state index contributed by atoms with van der Waals surface area (Å²) in [4.78, 5) is 12.0. The smallest absolute Gasteiger partial charge is 0.314 e. The molecule has 0 spiro atoms. The Balaban J connectivity index is 1.92. The molecule has 3 radical (unpaired) electrons. The van der Waals surface area contributed by atoms with Crippen molar-refractivity contribution in [2.24, 2.45) is 11.8 Å². The van der Waals surface area contributed by atoms with E-state index >= 15 is 0 Å². The molecule has 0 heterocycles. The third kappa shape index (κ3) is 3.66. The van der Waals surface area contributed by atoms with Gasteiger partial charge in [0.2, 0.25) is 0 Å². The Morgan fingerprint density at radius 3 is 2.63 bits per heavy atom. The number of carbonyl (C=O) groups is 1. The molecule has 0 aromatic heterocycles. The van der Waals surface area contributed by atoms with Gasteiger partial charge in [-0.25, -0.2) is 4.39 Å².